The highest BCUT2D eigenvalue weighted by atomic mass is 15.2. The second kappa shape index (κ2) is 7.66. The minimum absolute atomic E-state index is 0.375. The molecule has 0 aliphatic carbocycles. The van der Waals surface area contributed by atoms with Crippen molar-refractivity contribution in [1.29, 1.82) is 0 Å². The lowest BCUT2D eigenvalue weighted by Crippen LogP contribution is -2.48. The fraction of sp³-hybridized carbons (Fsp3) is 0.647. The van der Waals surface area contributed by atoms with E-state index in [0.717, 1.165) is 0 Å². The Bertz CT molecular complexity index is 348. The summed E-state index contributed by atoms with van der Waals surface area (Å²) in [6, 6.07) is 12.3. The van der Waals surface area contributed by atoms with Gasteiger partial charge in [-0.1, -0.05) is 51.1 Å². The van der Waals surface area contributed by atoms with Crippen molar-refractivity contribution < 1.29 is 0 Å². The number of hydrogen-bond acceptors (Lipinski definition) is 2. The van der Waals surface area contributed by atoms with E-state index in [4.69, 9.17) is 0 Å². The van der Waals surface area contributed by atoms with Gasteiger partial charge in [0.05, 0.1) is 0 Å². The zero-order chi connectivity index (χ0) is 14.4. The summed E-state index contributed by atoms with van der Waals surface area (Å²) in [5.74, 6) is 0.608. The lowest BCUT2D eigenvalue weighted by molar-refractivity contribution is 0.108. The third-order valence-corrected chi connectivity index (χ3v) is 4.25. The SMILES string of the molecule is CCC(C)N(C)C(C(C)C)C(NC)c1ccccc1. The highest BCUT2D eigenvalue weighted by molar-refractivity contribution is 5.21. The zero-order valence-corrected chi connectivity index (χ0v) is 13.4. The number of benzene rings is 1. The van der Waals surface area contributed by atoms with Gasteiger partial charge in [-0.2, -0.15) is 0 Å². The van der Waals surface area contributed by atoms with E-state index in [9.17, 15) is 0 Å². The average molecular weight is 262 g/mol. The zero-order valence-electron chi connectivity index (χ0n) is 13.4. The molecule has 0 amide bonds. The summed E-state index contributed by atoms with van der Waals surface area (Å²) in [5.41, 5.74) is 1.37. The quantitative estimate of drug-likeness (QED) is 0.806. The van der Waals surface area contributed by atoms with E-state index in [1.807, 2.05) is 0 Å². The normalized spacial score (nSPS) is 16.6. The van der Waals surface area contributed by atoms with Gasteiger partial charge in [-0.25, -0.2) is 0 Å². The van der Waals surface area contributed by atoms with Crippen LogP contribution in [0.15, 0.2) is 30.3 Å². The Labute approximate surface area is 119 Å². The first-order valence-corrected chi connectivity index (χ1v) is 7.47. The predicted octanol–water partition coefficient (Wildman–Crippen LogP) is 3.70. The average Bonchev–Trinajstić information content (AvgIpc) is 2.43. The smallest absolute Gasteiger partial charge is 0.0478 e. The minimum Gasteiger partial charge on any atom is -0.312 e. The van der Waals surface area contributed by atoms with E-state index in [-0.39, 0.29) is 0 Å². The summed E-state index contributed by atoms with van der Waals surface area (Å²) in [7, 11) is 4.32. The van der Waals surface area contributed by atoms with Crippen LogP contribution in [-0.4, -0.2) is 31.1 Å². The van der Waals surface area contributed by atoms with Gasteiger partial charge in [-0.3, -0.25) is 4.90 Å². The van der Waals surface area contributed by atoms with E-state index in [1.165, 1.54) is 12.0 Å². The molecule has 2 heteroatoms. The molecule has 0 aliphatic heterocycles. The first-order chi connectivity index (χ1) is 9.02. The molecule has 0 saturated carbocycles. The maximum Gasteiger partial charge on any atom is 0.0478 e. The second-order valence-electron chi connectivity index (χ2n) is 5.83. The van der Waals surface area contributed by atoms with E-state index in [2.05, 4.69) is 82.3 Å². The lowest BCUT2D eigenvalue weighted by atomic mass is 9.89. The van der Waals surface area contributed by atoms with Crippen LogP contribution in [0.25, 0.3) is 0 Å². The van der Waals surface area contributed by atoms with E-state index in [0.29, 0.717) is 24.0 Å². The number of rotatable bonds is 7. The third-order valence-electron chi connectivity index (χ3n) is 4.25. The molecule has 19 heavy (non-hydrogen) atoms. The van der Waals surface area contributed by atoms with Crippen molar-refractivity contribution in [3.8, 4) is 0 Å². The van der Waals surface area contributed by atoms with Gasteiger partial charge in [-0.15, -0.1) is 0 Å². The number of likely N-dealkylation sites (N-methyl/N-ethyl adjacent to an activating group) is 2. The Morgan fingerprint density at radius 1 is 1.11 bits per heavy atom. The molecule has 1 aromatic carbocycles. The van der Waals surface area contributed by atoms with Gasteiger partial charge in [0.2, 0.25) is 0 Å². The van der Waals surface area contributed by atoms with Gasteiger partial charge in [0, 0.05) is 18.1 Å². The van der Waals surface area contributed by atoms with Crippen molar-refractivity contribution in [3.63, 3.8) is 0 Å². The topological polar surface area (TPSA) is 15.3 Å². The highest BCUT2D eigenvalue weighted by Crippen LogP contribution is 2.27. The molecule has 3 atom stereocenters. The first-order valence-electron chi connectivity index (χ1n) is 7.47. The van der Waals surface area contributed by atoms with Crippen molar-refractivity contribution in [3.05, 3.63) is 35.9 Å². The fourth-order valence-corrected chi connectivity index (χ4v) is 2.87. The van der Waals surface area contributed by atoms with Crippen LogP contribution in [0.3, 0.4) is 0 Å². The van der Waals surface area contributed by atoms with Gasteiger partial charge >= 0.3 is 0 Å². The van der Waals surface area contributed by atoms with Crippen molar-refractivity contribution in [2.24, 2.45) is 5.92 Å². The van der Waals surface area contributed by atoms with Crippen molar-refractivity contribution in [2.75, 3.05) is 14.1 Å². The van der Waals surface area contributed by atoms with E-state index < -0.39 is 0 Å². The van der Waals surface area contributed by atoms with Crippen molar-refractivity contribution >= 4 is 0 Å². The summed E-state index contributed by atoms with van der Waals surface area (Å²) in [4.78, 5) is 2.53. The van der Waals surface area contributed by atoms with Crippen molar-refractivity contribution in [2.45, 2.75) is 52.2 Å². The van der Waals surface area contributed by atoms with Gasteiger partial charge in [0.25, 0.3) is 0 Å². The summed E-state index contributed by atoms with van der Waals surface area (Å²) in [6.07, 6.45) is 1.19. The van der Waals surface area contributed by atoms with Crippen LogP contribution in [0.5, 0.6) is 0 Å². The van der Waals surface area contributed by atoms with Crippen LogP contribution in [0, 0.1) is 5.92 Å². The molecule has 1 rings (SSSR count). The van der Waals surface area contributed by atoms with Crippen LogP contribution in [0.2, 0.25) is 0 Å². The summed E-state index contributed by atoms with van der Waals surface area (Å²) in [5, 5.41) is 3.52. The van der Waals surface area contributed by atoms with Crippen LogP contribution < -0.4 is 5.32 Å². The maximum atomic E-state index is 3.52. The molecular formula is C17H30N2. The molecule has 3 unspecified atom stereocenters. The largest absolute Gasteiger partial charge is 0.312 e. The van der Waals surface area contributed by atoms with Gasteiger partial charge in [-0.05, 0) is 38.9 Å². The molecule has 108 valence electrons. The molecule has 1 N–H and O–H groups in total. The van der Waals surface area contributed by atoms with Gasteiger partial charge in [0.15, 0.2) is 0 Å². The Hall–Kier alpha value is -0.860. The number of nitrogens with one attached hydrogen (secondary N) is 1. The summed E-state index contributed by atoms with van der Waals surface area (Å²) in [6.45, 7) is 9.20. The Morgan fingerprint density at radius 3 is 2.11 bits per heavy atom. The van der Waals surface area contributed by atoms with Gasteiger partial charge in [0.1, 0.15) is 0 Å². The first kappa shape index (κ1) is 16.2. The number of nitrogens with zero attached hydrogens (tertiary/aromatic N) is 1. The molecule has 0 spiro atoms. The summed E-state index contributed by atoms with van der Waals surface area (Å²) >= 11 is 0. The Morgan fingerprint density at radius 2 is 1.68 bits per heavy atom. The second-order valence-corrected chi connectivity index (χ2v) is 5.83. The fourth-order valence-electron chi connectivity index (χ4n) is 2.87. The summed E-state index contributed by atoms with van der Waals surface area (Å²) < 4.78 is 0. The van der Waals surface area contributed by atoms with E-state index >= 15 is 0 Å². The number of hydrogen-bond donors (Lipinski definition) is 1. The van der Waals surface area contributed by atoms with Gasteiger partial charge < -0.3 is 5.32 Å². The molecule has 0 heterocycles. The molecule has 0 bridgehead atoms. The highest BCUT2D eigenvalue weighted by Gasteiger charge is 2.30. The Balaban J connectivity index is 3.02. The molecule has 0 aromatic heterocycles. The molecule has 0 aliphatic rings. The van der Waals surface area contributed by atoms with Crippen LogP contribution >= 0.6 is 0 Å². The molecule has 0 fully saturated rings. The van der Waals surface area contributed by atoms with Crippen LogP contribution in [0.4, 0.5) is 0 Å². The molecule has 1 aromatic rings. The van der Waals surface area contributed by atoms with Crippen molar-refractivity contribution in [1.82, 2.24) is 10.2 Å². The lowest BCUT2D eigenvalue weighted by Gasteiger charge is -2.40. The minimum atomic E-state index is 0.375. The Kier molecular flexibility index (Phi) is 6.53. The maximum absolute atomic E-state index is 3.52. The molecular weight excluding hydrogens is 232 g/mol. The standard InChI is InChI=1S/C17H30N2/c1-7-14(4)19(6)17(13(2)3)16(18-5)15-11-9-8-10-12-15/h8-14,16-18H,7H2,1-6H3. The third kappa shape index (κ3) is 4.05. The molecule has 0 radical (unpaired) electrons. The van der Waals surface area contributed by atoms with Crippen LogP contribution in [-0.2, 0) is 0 Å². The predicted molar refractivity (Wildman–Crippen MR) is 84.4 cm³/mol. The monoisotopic (exact) mass is 262 g/mol. The van der Waals surface area contributed by atoms with E-state index in [1.54, 1.807) is 0 Å². The molecule has 0 saturated heterocycles. The van der Waals surface area contributed by atoms with Crippen LogP contribution in [0.1, 0.15) is 45.7 Å². The molecule has 2 nitrogen and oxygen atoms in total.